The van der Waals surface area contributed by atoms with Crippen molar-refractivity contribution in [1.82, 2.24) is 4.57 Å². The molecule has 0 aliphatic rings. The largest absolute Gasteiger partial charge is 0.309 e. The van der Waals surface area contributed by atoms with E-state index in [1.807, 2.05) is 32.9 Å². The molecule has 1 aromatic rings. The molecule has 0 saturated carbocycles. The Labute approximate surface area is 83.6 Å². The van der Waals surface area contributed by atoms with Crippen LogP contribution < -0.4 is 5.56 Å². The van der Waals surface area contributed by atoms with E-state index in [2.05, 4.69) is 0 Å². The van der Waals surface area contributed by atoms with Gasteiger partial charge < -0.3 is 4.57 Å². The summed E-state index contributed by atoms with van der Waals surface area (Å²) in [7, 11) is 0. The molecule has 1 aromatic heterocycles. The lowest BCUT2D eigenvalue weighted by Gasteiger charge is -2.16. The maximum Gasteiger partial charge on any atom is 0.268 e. The van der Waals surface area contributed by atoms with E-state index in [9.17, 15) is 4.79 Å². The minimum Gasteiger partial charge on any atom is -0.309 e. The van der Waals surface area contributed by atoms with Gasteiger partial charge in [-0.25, -0.2) is 0 Å². The van der Waals surface area contributed by atoms with E-state index in [-0.39, 0.29) is 17.2 Å². The molecule has 3 nitrogen and oxygen atoms in total. The zero-order chi connectivity index (χ0) is 10.7. The van der Waals surface area contributed by atoms with Crippen LogP contribution in [0.5, 0.6) is 0 Å². The second kappa shape index (κ2) is 4.10. The third-order valence-electron chi connectivity index (χ3n) is 2.47. The van der Waals surface area contributed by atoms with Crippen molar-refractivity contribution in [2.24, 2.45) is 0 Å². The van der Waals surface area contributed by atoms with Gasteiger partial charge in [0.05, 0.1) is 0 Å². The molecular weight excluding hydrogens is 176 g/mol. The first-order valence-electron chi connectivity index (χ1n) is 4.74. The molecule has 1 unspecified atom stereocenters. The van der Waals surface area contributed by atoms with Gasteiger partial charge in [-0.3, -0.25) is 4.79 Å². The predicted molar refractivity (Wildman–Crippen MR) is 55.2 cm³/mol. The summed E-state index contributed by atoms with van der Waals surface area (Å²) in [4.78, 5) is 11.8. The molecule has 1 rings (SSSR count). The van der Waals surface area contributed by atoms with Crippen molar-refractivity contribution in [3.05, 3.63) is 33.7 Å². The van der Waals surface area contributed by atoms with Gasteiger partial charge in [0.25, 0.3) is 5.56 Å². The minimum absolute atomic E-state index is 0.149. The van der Waals surface area contributed by atoms with E-state index in [1.165, 1.54) is 0 Å². The quantitative estimate of drug-likeness (QED) is 0.716. The van der Waals surface area contributed by atoms with Gasteiger partial charge in [-0.2, -0.15) is 5.26 Å². The lowest BCUT2D eigenvalue weighted by Crippen LogP contribution is -2.26. The maximum atomic E-state index is 11.8. The minimum atomic E-state index is -0.179. The fourth-order valence-electron chi connectivity index (χ4n) is 1.46. The SMILES string of the molecule is CCC(C)n1c(C)ccc(C#N)c1=O. The van der Waals surface area contributed by atoms with Crippen molar-refractivity contribution in [1.29, 1.82) is 5.26 Å². The van der Waals surface area contributed by atoms with Gasteiger partial charge in [0.2, 0.25) is 0 Å². The van der Waals surface area contributed by atoms with E-state index in [4.69, 9.17) is 5.26 Å². The molecule has 0 radical (unpaired) electrons. The Balaban J connectivity index is 3.42. The highest BCUT2D eigenvalue weighted by Crippen LogP contribution is 2.10. The summed E-state index contributed by atoms with van der Waals surface area (Å²) in [6.07, 6.45) is 0.885. The highest BCUT2D eigenvalue weighted by atomic mass is 16.1. The molecule has 0 aliphatic carbocycles. The number of rotatable bonds is 2. The summed E-state index contributed by atoms with van der Waals surface area (Å²) >= 11 is 0. The average Bonchev–Trinajstić information content (AvgIpc) is 2.18. The Morgan fingerprint density at radius 2 is 2.21 bits per heavy atom. The summed E-state index contributed by atoms with van der Waals surface area (Å²) in [5.74, 6) is 0. The first kappa shape index (κ1) is 10.5. The Kier molecular flexibility index (Phi) is 3.08. The number of aryl methyl sites for hydroxylation is 1. The fraction of sp³-hybridized carbons (Fsp3) is 0.455. The topological polar surface area (TPSA) is 45.8 Å². The normalized spacial score (nSPS) is 12.1. The van der Waals surface area contributed by atoms with Gasteiger partial charge in [0.1, 0.15) is 11.6 Å². The molecule has 0 spiro atoms. The number of nitriles is 1. The van der Waals surface area contributed by atoms with Crippen LogP contribution in [0.15, 0.2) is 16.9 Å². The zero-order valence-electron chi connectivity index (χ0n) is 8.74. The highest BCUT2D eigenvalue weighted by Gasteiger charge is 2.09. The summed E-state index contributed by atoms with van der Waals surface area (Å²) in [5, 5.41) is 8.72. The van der Waals surface area contributed by atoms with Crippen molar-refractivity contribution in [3.8, 4) is 6.07 Å². The number of hydrogen-bond donors (Lipinski definition) is 0. The molecule has 74 valence electrons. The van der Waals surface area contributed by atoms with Crippen LogP contribution >= 0.6 is 0 Å². The Hall–Kier alpha value is -1.56. The number of pyridine rings is 1. The van der Waals surface area contributed by atoms with Crippen LogP contribution in [0.4, 0.5) is 0 Å². The summed E-state index contributed by atoms with van der Waals surface area (Å²) < 4.78 is 1.68. The van der Waals surface area contributed by atoms with Gasteiger partial charge in [-0.05, 0) is 32.4 Å². The molecule has 14 heavy (non-hydrogen) atoms. The molecule has 0 fully saturated rings. The fourth-order valence-corrected chi connectivity index (χ4v) is 1.46. The molecule has 0 bridgehead atoms. The molecule has 0 N–H and O–H groups in total. The Morgan fingerprint density at radius 3 is 2.71 bits per heavy atom. The standard InChI is InChI=1S/C11H14N2O/c1-4-8(2)13-9(3)5-6-10(7-12)11(13)14/h5-6,8H,4H2,1-3H3. The first-order valence-corrected chi connectivity index (χ1v) is 4.74. The highest BCUT2D eigenvalue weighted by molar-refractivity contribution is 5.27. The molecule has 0 aliphatic heterocycles. The van der Waals surface area contributed by atoms with Crippen LogP contribution in [0, 0.1) is 18.3 Å². The van der Waals surface area contributed by atoms with Crippen molar-refractivity contribution in [2.45, 2.75) is 33.2 Å². The molecule has 1 heterocycles. The van der Waals surface area contributed by atoms with E-state index in [1.54, 1.807) is 10.6 Å². The second-order valence-electron chi connectivity index (χ2n) is 3.43. The molecule has 0 saturated heterocycles. The van der Waals surface area contributed by atoms with Crippen LogP contribution in [0.2, 0.25) is 0 Å². The van der Waals surface area contributed by atoms with Crippen LogP contribution in [-0.2, 0) is 0 Å². The van der Waals surface area contributed by atoms with Crippen LogP contribution in [0.25, 0.3) is 0 Å². The van der Waals surface area contributed by atoms with Crippen LogP contribution in [-0.4, -0.2) is 4.57 Å². The van der Waals surface area contributed by atoms with Gasteiger partial charge in [-0.1, -0.05) is 6.92 Å². The zero-order valence-corrected chi connectivity index (χ0v) is 8.74. The Morgan fingerprint density at radius 1 is 1.57 bits per heavy atom. The third kappa shape index (κ3) is 1.69. The van der Waals surface area contributed by atoms with Crippen LogP contribution in [0.3, 0.4) is 0 Å². The second-order valence-corrected chi connectivity index (χ2v) is 3.43. The number of hydrogen-bond acceptors (Lipinski definition) is 2. The van der Waals surface area contributed by atoms with E-state index in [0.29, 0.717) is 0 Å². The summed E-state index contributed by atoms with van der Waals surface area (Å²) in [6.45, 7) is 5.89. The van der Waals surface area contributed by atoms with E-state index in [0.717, 1.165) is 12.1 Å². The third-order valence-corrected chi connectivity index (χ3v) is 2.47. The monoisotopic (exact) mass is 190 g/mol. The van der Waals surface area contributed by atoms with Gasteiger partial charge >= 0.3 is 0 Å². The van der Waals surface area contributed by atoms with E-state index < -0.39 is 0 Å². The number of aromatic nitrogens is 1. The van der Waals surface area contributed by atoms with Crippen molar-refractivity contribution in [3.63, 3.8) is 0 Å². The Bertz CT molecular complexity index is 426. The lowest BCUT2D eigenvalue weighted by molar-refractivity contribution is 0.502. The maximum absolute atomic E-state index is 11.8. The van der Waals surface area contributed by atoms with Crippen molar-refractivity contribution >= 4 is 0 Å². The van der Waals surface area contributed by atoms with Crippen molar-refractivity contribution in [2.75, 3.05) is 0 Å². The van der Waals surface area contributed by atoms with Gasteiger partial charge in [-0.15, -0.1) is 0 Å². The predicted octanol–water partition coefficient (Wildman–Crippen LogP) is 2.00. The molecule has 3 heteroatoms. The molecule has 1 atom stereocenters. The number of nitrogens with zero attached hydrogens (tertiary/aromatic N) is 2. The average molecular weight is 190 g/mol. The summed E-state index contributed by atoms with van der Waals surface area (Å²) in [5.41, 5.74) is 0.945. The molecular formula is C11H14N2O. The lowest BCUT2D eigenvalue weighted by atomic mass is 10.2. The first-order chi connectivity index (χ1) is 6.61. The molecule has 0 aromatic carbocycles. The van der Waals surface area contributed by atoms with Gasteiger partial charge in [0.15, 0.2) is 0 Å². The van der Waals surface area contributed by atoms with Crippen LogP contribution in [0.1, 0.15) is 37.6 Å². The van der Waals surface area contributed by atoms with E-state index >= 15 is 0 Å². The summed E-state index contributed by atoms with van der Waals surface area (Å²) in [6, 6.07) is 5.45. The smallest absolute Gasteiger partial charge is 0.268 e. The van der Waals surface area contributed by atoms with Crippen molar-refractivity contribution < 1.29 is 0 Å². The van der Waals surface area contributed by atoms with Gasteiger partial charge in [0, 0.05) is 11.7 Å². The molecule has 0 amide bonds.